The van der Waals surface area contributed by atoms with Gasteiger partial charge in [0.05, 0.1) is 30.0 Å². The number of pyridine rings is 1. The van der Waals surface area contributed by atoms with E-state index in [1.807, 2.05) is 6.07 Å². The zero-order valence-corrected chi connectivity index (χ0v) is 19.6. The van der Waals surface area contributed by atoms with E-state index in [0.717, 1.165) is 11.4 Å². The lowest BCUT2D eigenvalue weighted by atomic mass is 10.1. The molecule has 2 atom stereocenters. The molecule has 4 aromatic rings. The van der Waals surface area contributed by atoms with E-state index in [-0.39, 0.29) is 17.6 Å². The Kier molecular flexibility index (Phi) is 5.23. The minimum Gasteiger partial charge on any atom is -0.384 e. The molecule has 0 spiro atoms. The summed E-state index contributed by atoms with van der Waals surface area (Å²) in [5.41, 5.74) is 8.20. The van der Waals surface area contributed by atoms with Crippen LogP contribution < -0.4 is 16.6 Å². The van der Waals surface area contributed by atoms with Crippen LogP contribution in [-0.2, 0) is 6.42 Å². The summed E-state index contributed by atoms with van der Waals surface area (Å²) in [5, 5.41) is 15.6. The number of halogens is 2. The Morgan fingerprint density at radius 3 is 2.80 bits per heavy atom. The van der Waals surface area contributed by atoms with Gasteiger partial charge in [-0.2, -0.15) is 4.68 Å². The van der Waals surface area contributed by atoms with Crippen molar-refractivity contribution in [3.63, 3.8) is 0 Å². The highest BCUT2D eigenvalue weighted by Crippen LogP contribution is 2.32. The minimum atomic E-state index is -0.233. The average molecular weight is 509 g/mol. The number of anilines is 1. The second kappa shape index (κ2) is 8.43. The van der Waals surface area contributed by atoms with E-state index in [9.17, 15) is 4.79 Å². The quantitative estimate of drug-likeness (QED) is 0.400. The predicted molar refractivity (Wildman–Crippen MR) is 131 cm³/mol. The van der Waals surface area contributed by atoms with Crippen LogP contribution in [0.5, 0.6) is 0 Å². The molecule has 13 heteroatoms. The highest BCUT2D eigenvalue weighted by atomic mass is 35.5. The first-order valence-corrected chi connectivity index (χ1v) is 11.6. The Morgan fingerprint density at radius 1 is 1.11 bits per heavy atom. The summed E-state index contributed by atoms with van der Waals surface area (Å²) in [6.07, 6.45) is 2.81. The largest absolute Gasteiger partial charge is 0.384 e. The van der Waals surface area contributed by atoms with Crippen molar-refractivity contribution in [3.05, 3.63) is 74.6 Å². The van der Waals surface area contributed by atoms with E-state index in [0.29, 0.717) is 58.1 Å². The normalized spacial score (nSPS) is 18.9. The van der Waals surface area contributed by atoms with Crippen molar-refractivity contribution in [2.75, 3.05) is 12.3 Å². The van der Waals surface area contributed by atoms with E-state index in [2.05, 4.69) is 30.8 Å². The summed E-state index contributed by atoms with van der Waals surface area (Å²) >= 11 is 12.6. The van der Waals surface area contributed by atoms with Crippen LogP contribution in [0.25, 0.3) is 16.9 Å². The molecule has 176 valence electrons. The molecule has 3 aromatic heterocycles. The van der Waals surface area contributed by atoms with Gasteiger partial charge in [0.1, 0.15) is 29.0 Å². The van der Waals surface area contributed by atoms with Crippen molar-refractivity contribution in [1.29, 1.82) is 0 Å². The number of nitrogens with one attached hydrogen (secondary N) is 1. The molecule has 2 aliphatic heterocycles. The zero-order chi connectivity index (χ0) is 24.1. The maximum Gasteiger partial charge on any atom is 0.254 e. The van der Waals surface area contributed by atoms with E-state index in [1.165, 1.54) is 17.1 Å². The van der Waals surface area contributed by atoms with Gasteiger partial charge < -0.3 is 11.1 Å². The number of aromatic nitrogens is 7. The molecular weight excluding hydrogens is 491 g/mol. The average Bonchev–Trinajstić information content (AvgIpc) is 3.59. The lowest BCUT2D eigenvalue weighted by Crippen LogP contribution is -2.34. The van der Waals surface area contributed by atoms with Crippen LogP contribution in [0.2, 0.25) is 10.2 Å². The minimum absolute atomic E-state index is 0.136. The molecule has 0 saturated heterocycles. The Morgan fingerprint density at radius 2 is 2.00 bits per heavy atom. The van der Waals surface area contributed by atoms with Crippen LogP contribution in [0.3, 0.4) is 0 Å². The zero-order valence-electron chi connectivity index (χ0n) is 18.1. The summed E-state index contributed by atoms with van der Waals surface area (Å²) in [6.45, 7) is 0.491. The Hall–Kier alpha value is -3.83. The van der Waals surface area contributed by atoms with E-state index < -0.39 is 0 Å². The number of nitrogens with zero attached hydrogens (tertiary/aromatic N) is 8. The van der Waals surface area contributed by atoms with Gasteiger partial charge in [0.15, 0.2) is 0 Å². The third-order valence-corrected chi connectivity index (χ3v) is 6.70. The van der Waals surface area contributed by atoms with Crippen molar-refractivity contribution in [1.82, 2.24) is 40.1 Å². The van der Waals surface area contributed by atoms with Crippen molar-refractivity contribution >= 4 is 34.9 Å². The van der Waals surface area contributed by atoms with Crippen LogP contribution in [0.15, 0.2) is 52.5 Å². The van der Waals surface area contributed by atoms with Gasteiger partial charge in [-0.05, 0) is 41.1 Å². The second-order valence-corrected chi connectivity index (χ2v) is 9.07. The van der Waals surface area contributed by atoms with Gasteiger partial charge in [-0.3, -0.25) is 14.4 Å². The standard InChI is InChI=1S/C22H18Cl2N10O/c23-11-1-3-16(33-10-27-31-32-33)13(7-11)14-8-20(35)34-17(4-6-19(34)28-14)22-26-9-15(29-22)12-2-5-18(25)30-21(12)24/h1-3,5,7-8,10,15,17H,4,6,9H2,(H2,25,30)(H,26,29)/t15?,17-/m0/s1. The molecule has 0 radical (unpaired) electrons. The first-order valence-electron chi connectivity index (χ1n) is 10.9. The molecule has 6 rings (SSSR count). The van der Waals surface area contributed by atoms with Crippen LogP contribution in [0.1, 0.15) is 29.9 Å². The van der Waals surface area contributed by atoms with Crippen LogP contribution in [-0.4, -0.2) is 47.1 Å². The molecule has 0 amide bonds. The Labute approximate surface area is 208 Å². The predicted octanol–water partition coefficient (Wildman–Crippen LogP) is 2.40. The van der Waals surface area contributed by atoms with Gasteiger partial charge in [0.25, 0.3) is 5.56 Å². The number of amidine groups is 1. The van der Waals surface area contributed by atoms with Crippen LogP contribution >= 0.6 is 23.2 Å². The summed E-state index contributed by atoms with van der Waals surface area (Å²) < 4.78 is 3.21. The van der Waals surface area contributed by atoms with Gasteiger partial charge in [-0.15, -0.1) is 5.10 Å². The molecule has 2 aliphatic rings. The maximum absolute atomic E-state index is 13.3. The summed E-state index contributed by atoms with van der Waals surface area (Å²) in [5.74, 6) is 1.77. The van der Waals surface area contributed by atoms with Crippen molar-refractivity contribution in [2.24, 2.45) is 4.99 Å². The monoisotopic (exact) mass is 508 g/mol. The first-order chi connectivity index (χ1) is 17.0. The molecule has 1 unspecified atom stereocenters. The maximum atomic E-state index is 13.3. The highest BCUT2D eigenvalue weighted by Gasteiger charge is 2.33. The Balaban J connectivity index is 1.32. The smallest absolute Gasteiger partial charge is 0.254 e. The number of fused-ring (bicyclic) bond motifs is 1. The fraction of sp³-hybridized carbons (Fsp3) is 0.227. The lowest BCUT2D eigenvalue weighted by Gasteiger charge is -2.18. The van der Waals surface area contributed by atoms with Gasteiger partial charge in [-0.1, -0.05) is 29.3 Å². The number of hydrogen-bond donors (Lipinski definition) is 2. The van der Waals surface area contributed by atoms with Gasteiger partial charge in [-0.25, -0.2) is 9.97 Å². The lowest BCUT2D eigenvalue weighted by molar-refractivity contribution is 0.619. The third kappa shape index (κ3) is 3.82. The number of hydrogen-bond acceptors (Lipinski definition) is 9. The van der Waals surface area contributed by atoms with E-state index >= 15 is 0 Å². The van der Waals surface area contributed by atoms with E-state index in [1.54, 1.807) is 28.8 Å². The molecule has 0 aliphatic carbocycles. The topological polar surface area (TPSA) is 142 Å². The molecule has 11 nitrogen and oxygen atoms in total. The van der Waals surface area contributed by atoms with Crippen molar-refractivity contribution < 1.29 is 0 Å². The van der Waals surface area contributed by atoms with Crippen LogP contribution in [0.4, 0.5) is 5.82 Å². The molecular formula is C22H18Cl2N10O. The van der Waals surface area contributed by atoms with E-state index in [4.69, 9.17) is 33.9 Å². The first kappa shape index (κ1) is 21.7. The number of nitrogen functional groups attached to an aromatic ring is 1. The molecule has 1 aromatic carbocycles. The molecule has 3 N–H and O–H groups in total. The van der Waals surface area contributed by atoms with Crippen LogP contribution in [0, 0.1) is 0 Å². The SMILES string of the molecule is Nc1ccc(C2CN=C([C@@H]3CCc4nc(-c5cc(Cl)ccc5-n5cnnn5)cc(=O)n43)N2)c(Cl)n1. The number of nitrogens with two attached hydrogens (primary N) is 1. The number of aryl methyl sites for hydroxylation is 1. The van der Waals surface area contributed by atoms with Gasteiger partial charge in [0, 0.05) is 28.6 Å². The molecule has 0 bridgehead atoms. The van der Waals surface area contributed by atoms with Crippen molar-refractivity contribution in [2.45, 2.75) is 24.9 Å². The number of aliphatic imine (C=N–C) groups is 1. The molecule has 35 heavy (non-hydrogen) atoms. The fourth-order valence-corrected chi connectivity index (χ4v) is 5.05. The number of benzene rings is 1. The summed E-state index contributed by atoms with van der Waals surface area (Å²) in [7, 11) is 0. The summed E-state index contributed by atoms with van der Waals surface area (Å²) in [6, 6.07) is 9.97. The van der Waals surface area contributed by atoms with Gasteiger partial charge >= 0.3 is 0 Å². The molecule has 5 heterocycles. The Bertz CT molecular complexity index is 1530. The number of rotatable bonds is 4. The molecule has 0 saturated carbocycles. The second-order valence-electron chi connectivity index (χ2n) is 8.28. The van der Waals surface area contributed by atoms with Gasteiger partial charge in [0.2, 0.25) is 0 Å². The molecule has 0 fully saturated rings. The highest BCUT2D eigenvalue weighted by molar-refractivity contribution is 6.31. The fourth-order valence-electron chi connectivity index (χ4n) is 4.58. The third-order valence-electron chi connectivity index (χ3n) is 6.17. The number of tetrazole rings is 1. The van der Waals surface area contributed by atoms with Crippen molar-refractivity contribution in [3.8, 4) is 16.9 Å². The summed E-state index contributed by atoms with van der Waals surface area (Å²) in [4.78, 5) is 26.9.